The molecule has 2 heterocycles. The maximum Gasteiger partial charge on any atom is 0.148 e. The van der Waals surface area contributed by atoms with Crippen LogP contribution in [0.5, 0.6) is 17.2 Å². The van der Waals surface area contributed by atoms with E-state index >= 15 is 0 Å². The summed E-state index contributed by atoms with van der Waals surface area (Å²) >= 11 is 0. The van der Waals surface area contributed by atoms with Crippen molar-refractivity contribution in [3.63, 3.8) is 0 Å². The molecule has 2 aromatic rings. The standard InChI is InChI=1S/C20H18B20O4/c21-33(22)37(29)39(35(25)26)31-8-16(31)12-43-19-5-15(11-42-18-3-1-2-14(4-18)10-41)6-20(7-19)44-13-17-9-32(17)40(36(27)28)38(30)34(23)24/h1-9,41H,10-13H2. The Labute approximate surface area is 280 Å². The second kappa shape index (κ2) is 15.9. The molecule has 0 aromatic heterocycles. The first-order valence-corrected chi connectivity index (χ1v) is 14.6. The molecule has 0 fully saturated rings. The second-order valence-corrected chi connectivity index (χ2v) is 11.6. The summed E-state index contributed by atoms with van der Waals surface area (Å²) in [6.45, 7) is 0.651. The number of aliphatic hydroxyl groups is 1. The van der Waals surface area contributed by atoms with Crippen molar-refractivity contribution in [3.05, 3.63) is 76.5 Å². The monoisotopic (exact) mass is 542 g/mol. The highest BCUT2D eigenvalue weighted by atomic mass is 16.5. The first-order chi connectivity index (χ1) is 20.9. The molecular weight excluding hydrogens is 520 g/mol. The molecule has 0 amide bonds. The summed E-state index contributed by atoms with van der Waals surface area (Å²) in [5.74, 6) is 5.79. The average Bonchev–Trinajstić information content (AvgIpc) is 3.91. The van der Waals surface area contributed by atoms with Crippen molar-refractivity contribution in [1.82, 2.24) is 0 Å². The Kier molecular flexibility index (Phi) is 12.8. The SMILES string of the molecule is [B]B([B])B([B])B(B([B])[B])B1C=C1COc1cc(COc2cccc(CO)c2)cc(OCC2=CB2B(B([B])[B])B([B])B([B])[B])c1. The van der Waals surface area contributed by atoms with Gasteiger partial charge in [-0.05, 0) is 35.4 Å². The highest BCUT2D eigenvalue weighted by Crippen LogP contribution is 2.30. The third-order valence-corrected chi connectivity index (χ3v) is 8.16. The van der Waals surface area contributed by atoms with Crippen molar-refractivity contribution < 1.29 is 19.3 Å². The topological polar surface area (TPSA) is 47.9 Å². The number of benzene rings is 2. The molecule has 0 spiro atoms. The maximum atomic E-state index is 9.45. The Hall–Kier alpha value is -1.42. The molecule has 2 aliphatic rings. The van der Waals surface area contributed by atoms with Crippen LogP contribution < -0.4 is 14.2 Å². The van der Waals surface area contributed by atoms with E-state index in [4.69, 9.17) is 91.6 Å². The minimum Gasteiger partial charge on any atom is -0.490 e. The minimum absolute atomic E-state index is 0.0470. The van der Waals surface area contributed by atoms with Crippen LogP contribution in [0.15, 0.2) is 65.4 Å². The largest absolute Gasteiger partial charge is 0.490 e. The Balaban J connectivity index is 1.43. The smallest absolute Gasteiger partial charge is 0.148 e. The first kappa shape index (κ1) is 35.4. The van der Waals surface area contributed by atoms with Crippen LogP contribution in [0.25, 0.3) is 0 Å². The fourth-order valence-corrected chi connectivity index (χ4v) is 5.47. The summed E-state index contributed by atoms with van der Waals surface area (Å²) in [6, 6.07) is 12.8. The van der Waals surface area contributed by atoms with Crippen LogP contribution in [0.1, 0.15) is 11.1 Å². The highest BCUT2D eigenvalue weighted by Gasteiger charge is 2.44. The van der Waals surface area contributed by atoms with E-state index in [1.807, 2.05) is 42.3 Å². The lowest BCUT2D eigenvalue weighted by molar-refractivity contribution is 0.277. The molecule has 4 nitrogen and oxygen atoms in total. The molecule has 2 aromatic carbocycles. The molecule has 0 unspecified atom stereocenters. The Morgan fingerprint density at radius 3 is 1.43 bits per heavy atom. The lowest BCUT2D eigenvalue weighted by Crippen LogP contribution is -2.64. The van der Waals surface area contributed by atoms with E-state index in [1.54, 1.807) is 12.1 Å². The molecule has 44 heavy (non-hydrogen) atoms. The summed E-state index contributed by atoms with van der Waals surface area (Å²) in [5, 5.41) is 9.45. The Morgan fingerprint density at radius 2 is 1.00 bits per heavy atom. The van der Waals surface area contributed by atoms with Gasteiger partial charge >= 0.3 is 0 Å². The minimum atomic E-state index is -0.750. The van der Waals surface area contributed by atoms with Crippen LogP contribution in [0.4, 0.5) is 0 Å². The van der Waals surface area contributed by atoms with Gasteiger partial charge in [-0.2, -0.15) is 0 Å². The van der Waals surface area contributed by atoms with Gasteiger partial charge < -0.3 is 19.3 Å². The highest BCUT2D eigenvalue weighted by molar-refractivity contribution is 8.02. The Morgan fingerprint density at radius 1 is 0.545 bits per heavy atom. The number of hydrogen-bond acceptors (Lipinski definition) is 4. The van der Waals surface area contributed by atoms with Crippen molar-refractivity contribution in [3.8, 4) is 17.2 Å². The zero-order valence-electron chi connectivity index (χ0n) is 24.7. The molecule has 0 bridgehead atoms. The predicted molar refractivity (Wildman–Crippen MR) is 205 cm³/mol. The van der Waals surface area contributed by atoms with Crippen LogP contribution in [-0.2, 0) is 13.2 Å². The van der Waals surface area contributed by atoms with E-state index < -0.39 is 38.3 Å². The van der Waals surface area contributed by atoms with E-state index in [2.05, 4.69) is 0 Å². The van der Waals surface area contributed by atoms with Gasteiger partial charge in [-0.15, -0.1) is 12.0 Å². The van der Waals surface area contributed by atoms with Gasteiger partial charge in [0.2, 0.25) is 0 Å². The molecule has 0 saturated carbocycles. The maximum absolute atomic E-state index is 9.45. The molecular formula is C20H18B20O4. The number of rotatable bonds is 18. The molecule has 0 aliphatic carbocycles. The van der Waals surface area contributed by atoms with Crippen molar-refractivity contribution in [2.75, 3.05) is 13.2 Å². The molecule has 182 valence electrons. The number of hydrogen-bond donors (Lipinski definition) is 1. The van der Waals surface area contributed by atoms with Gasteiger partial charge in [0.1, 0.15) is 50.3 Å². The zero-order chi connectivity index (χ0) is 32.1. The van der Waals surface area contributed by atoms with Crippen molar-refractivity contribution in [2.24, 2.45) is 0 Å². The van der Waals surface area contributed by atoms with Gasteiger partial charge in [0.05, 0.1) is 6.61 Å². The van der Waals surface area contributed by atoms with Crippen LogP contribution >= 0.6 is 0 Å². The van der Waals surface area contributed by atoms with Crippen LogP contribution in [0.3, 0.4) is 0 Å². The van der Waals surface area contributed by atoms with Gasteiger partial charge in [0, 0.05) is 135 Å². The van der Waals surface area contributed by atoms with E-state index in [-0.39, 0.29) is 39.2 Å². The van der Waals surface area contributed by atoms with Crippen LogP contribution in [-0.4, -0.2) is 160 Å². The van der Waals surface area contributed by atoms with E-state index in [0.717, 1.165) is 22.1 Å². The van der Waals surface area contributed by atoms with Crippen molar-refractivity contribution in [2.45, 2.75) is 13.2 Å². The molecule has 1 N–H and O–H groups in total. The summed E-state index contributed by atoms with van der Waals surface area (Å²) in [5.41, 5.74) is 3.56. The van der Waals surface area contributed by atoms with Crippen LogP contribution in [0, 0.1) is 0 Å². The number of aliphatic hydroxyl groups excluding tert-OH is 1. The lowest BCUT2D eigenvalue weighted by Gasteiger charge is -2.26. The molecule has 24 heteroatoms. The number of ether oxygens (including phenoxy) is 3. The molecule has 0 saturated heterocycles. The summed E-state index contributed by atoms with van der Waals surface area (Å²) in [4.78, 5) is 0. The van der Waals surface area contributed by atoms with Crippen LogP contribution in [0.2, 0.25) is 0 Å². The van der Waals surface area contributed by atoms with Crippen molar-refractivity contribution >= 4 is 142 Å². The first-order valence-electron chi connectivity index (χ1n) is 14.6. The van der Waals surface area contributed by atoms with E-state index in [9.17, 15) is 5.11 Å². The quantitative estimate of drug-likeness (QED) is 0.196. The summed E-state index contributed by atoms with van der Waals surface area (Å²) in [6.07, 6.45) is -4.63. The van der Waals surface area contributed by atoms with Gasteiger partial charge in [0.25, 0.3) is 0 Å². The molecule has 2 aliphatic heterocycles. The van der Waals surface area contributed by atoms with Gasteiger partial charge in [-0.3, -0.25) is 0 Å². The second-order valence-electron chi connectivity index (χ2n) is 11.6. The average molecular weight is 539 g/mol. The van der Waals surface area contributed by atoms with Gasteiger partial charge in [-0.1, -0.05) is 23.1 Å². The van der Waals surface area contributed by atoms with E-state index in [0.29, 0.717) is 30.5 Å². The third-order valence-electron chi connectivity index (χ3n) is 8.16. The van der Waals surface area contributed by atoms with E-state index in [1.165, 1.54) is 0 Å². The third kappa shape index (κ3) is 9.55. The summed E-state index contributed by atoms with van der Waals surface area (Å²) in [7, 11) is 59.6. The predicted octanol–water partition coefficient (Wildman–Crippen LogP) is -4.22. The molecule has 20 radical (unpaired) electrons. The van der Waals surface area contributed by atoms with Gasteiger partial charge in [-0.25, -0.2) is 0 Å². The lowest BCUT2D eigenvalue weighted by atomic mass is 8.57. The zero-order valence-corrected chi connectivity index (χ0v) is 24.7. The van der Waals surface area contributed by atoms with Gasteiger partial charge in [0.15, 0.2) is 0 Å². The fraction of sp³-hybridized carbons (Fsp3) is 0.200. The fourth-order valence-electron chi connectivity index (χ4n) is 5.47. The molecule has 4 rings (SSSR count). The molecule has 0 atom stereocenters. The summed E-state index contributed by atoms with van der Waals surface area (Å²) < 4.78 is 18.3. The Bertz CT molecular complexity index is 1260. The van der Waals surface area contributed by atoms with Crippen molar-refractivity contribution in [1.29, 1.82) is 0 Å². The normalized spacial score (nSPS) is 12.8.